The summed E-state index contributed by atoms with van der Waals surface area (Å²) >= 11 is 0. The van der Waals surface area contributed by atoms with Gasteiger partial charge in [0.2, 0.25) is 0 Å². The molecule has 0 aliphatic carbocycles. The van der Waals surface area contributed by atoms with Crippen LogP contribution in [0.5, 0.6) is 0 Å². The maximum absolute atomic E-state index is 11.5. The zero-order chi connectivity index (χ0) is 10.6. The van der Waals surface area contributed by atoms with Crippen molar-refractivity contribution >= 4 is 11.5 Å². The van der Waals surface area contributed by atoms with Crippen LogP contribution in [0.15, 0.2) is 30.7 Å². The molecule has 0 radical (unpaired) electrons. The molecule has 0 amide bonds. The Hall–Kier alpha value is -1.84. The van der Waals surface area contributed by atoms with Gasteiger partial charge in [-0.15, -0.1) is 0 Å². The lowest BCUT2D eigenvalue weighted by atomic mass is 10.1. The van der Waals surface area contributed by atoms with Gasteiger partial charge in [-0.05, 0) is 6.07 Å². The Bertz CT molecular complexity index is 358. The highest BCUT2D eigenvalue weighted by molar-refractivity contribution is 6.07. The summed E-state index contributed by atoms with van der Waals surface area (Å²) in [4.78, 5) is 17.1. The molecule has 4 heteroatoms. The lowest BCUT2D eigenvalue weighted by Gasteiger charge is -2.03. The first-order valence-corrected chi connectivity index (χ1v) is 4.19. The van der Waals surface area contributed by atoms with Gasteiger partial charge >= 0.3 is 0 Å². The van der Waals surface area contributed by atoms with Gasteiger partial charge in [0.25, 0.3) is 0 Å². The average molecular weight is 191 g/mol. The van der Waals surface area contributed by atoms with Crippen LogP contribution in [0.25, 0.3) is 0 Å². The summed E-state index contributed by atoms with van der Waals surface area (Å²) in [6.07, 6.45) is 6.18. The van der Waals surface area contributed by atoms with Gasteiger partial charge < -0.3 is 10.6 Å². The summed E-state index contributed by atoms with van der Waals surface area (Å²) in [6, 6.07) is 1.61. The van der Waals surface area contributed by atoms with Crippen LogP contribution in [0.4, 0.5) is 5.69 Å². The lowest BCUT2D eigenvalue weighted by molar-refractivity contribution is 0.104. The Morgan fingerprint density at radius 3 is 2.86 bits per heavy atom. The molecule has 0 fully saturated rings. The summed E-state index contributed by atoms with van der Waals surface area (Å²) < 4.78 is 0. The molecular formula is C10H13N3O. The summed E-state index contributed by atoms with van der Waals surface area (Å²) in [5.74, 6) is -0.112. The van der Waals surface area contributed by atoms with E-state index in [0.717, 1.165) is 0 Å². The molecule has 1 rings (SSSR count). The van der Waals surface area contributed by atoms with Crippen LogP contribution < -0.4 is 5.73 Å². The SMILES string of the molecule is CN(C)/C=C/C(=O)c1ccncc1N. The molecule has 14 heavy (non-hydrogen) atoms. The Balaban J connectivity index is 2.85. The molecule has 0 aromatic carbocycles. The first kappa shape index (κ1) is 10.2. The molecule has 0 unspecified atom stereocenters. The predicted molar refractivity (Wildman–Crippen MR) is 55.8 cm³/mol. The molecule has 0 aliphatic rings. The first-order chi connectivity index (χ1) is 6.61. The molecule has 0 bridgehead atoms. The Labute approximate surface area is 83.0 Å². The fraction of sp³-hybridized carbons (Fsp3) is 0.200. The first-order valence-electron chi connectivity index (χ1n) is 4.19. The maximum Gasteiger partial charge on any atom is 0.189 e. The van der Waals surface area contributed by atoms with Crippen molar-refractivity contribution in [3.05, 3.63) is 36.3 Å². The van der Waals surface area contributed by atoms with Crippen LogP contribution >= 0.6 is 0 Å². The van der Waals surface area contributed by atoms with E-state index in [9.17, 15) is 4.79 Å². The third-order valence-electron chi connectivity index (χ3n) is 1.64. The number of hydrogen-bond donors (Lipinski definition) is 1. The van der Waals surface area contributed by atoms with Crippen LogP contribution in [0.3, 0.4) is 0 Å². The second-order valence-electron chi connectivity index (χ2n) is 3.11. The number of nitrogens with two attached hydrogens (primary N) is 1. The zero-order valence-corrected chi connectivity index (χ0v) is 8.27. The number of carbonyl (C=O) groups excluding carboxylic acids is 1. The molecule has 2 N–H and O–H groups in total. The van der Waals surface area contributed by atoms with E-state index < -0.39 is 0 Å². The second-order valence-corrected chi connectivity index (χ2v) is 3.11. The number of nitrogen functional groups attached to an aromatic ring is 1. The van der Waals surface area contributed by atoms with Crippen molar-refractivity contribution in [2.75, 3.05) is 19.8 Å². The maximum atomic E-state index is 11.5. The molecule has 0 aliphatic heterocycles. The molecule has 0 saturated carbocycles. The molecule has 0 saturated heterocycles. The van der Waals surface area contributed by atoms with Crippen LogP contribution in [-0.4, -0.2) is 29.8 Å². The Morgan fingerprint density at radius 1 is 1.57 bits per heavy atom. The number of aromatic nitrogens is 1. The normalized spacial score (nSPS) is 10.4. The Kier molecular flexibility index (Phi) is 3.23. The lowest BCUT2D eigenvalue weighted by Crippen LogP contribution is -2.05. The third-order valence-corrected chi connectivity index (χ3v) is 1.64. The van der Waals surface area contributed by atoms with E-state index in [-0.39, 0.29) is 5.78 Å². The second kappa shape index (κ2) is 4.41. The van der Waals surface area contributed by atoms with Crippen LogP contribution in [0, 0.1) is 0 Å². The fourth-order valence-corrected chi connectivity index (χ4v) is 0.938. The van der Waals surface area contributed by atoms with Crippen molar-refractivity contribution in [2.24, 2.45) is 0 Å². The number of allylic oxidation sites excluding steroid dienone is 1. The average Bonchev–Trinajstić information content (AvgIpc) is 2.15. The molecular weight excluding hydrogens is 178 g/mol. The summed E-state index contributed by atoms with van der Waals surface area (Å²) in [5.41, 5.74) is 6.48. The summed E-state index contributed by atoms with van der Waals surface area (Å²) in [7, 11) is 3.69. The van der Waals surface area contributed by atoms with Crippen LogP contribution in [-0.2, 0) is 0 Å². The van der Waals surface area contributed by atoms with Gasteiger partial charge in [-0.3, -0.25) is 9.78 Å². The van der Waals surface area contributed by atoms with E-state index in [1.165, 1.54) is 12.3 Å². The molecule has 1 heterocycles. The van der Waals surface area contributed by atoms with Crippen LogP contribution in [0.2, 0.25) is 0 Å². The number of rotatable bonds is 3. The molecule has 1 aromatic heterocycles. The van der Waals surface area contributed by atoms with Crippen molar-refractivity contribution in [2.45, 2.75) is 0 Å². The largest absolute Gasteiger partial charge is 0.397 e. The van der Waals surface area contributed by atoms with Gasteiger partial charge in [0.05, 0.1) is 11.9 Å². The summed E-state index contributed by atoms with van der Waals surface area (Å²) in [5, 5.41) is 0. The van der Waals surface area contributed by atoms with Gasteiger partial charge in [0, 0.05) is 38.1 Å². The molecule has 1 aromatic rings. The van der Waals surface area contributed by atoms with Crippen molar-refractivity contribution in [1.29, 1.82) is 0 Å². The molecule has 74 valence electrons. The van der Waals surface area contributed by atoms with E-state index >= 15 is 0 Å². The van der Waals surface area contributed by atoms with E-state index in [0.29, 0.717) is 11.3 Å². The van der Waals surface area contributed by atoms with Gasteiger partial charge in [-0.2, -0.15) is 0 Å². The van der Waals surface area contributed by atoms with Crippen molar-refractivity contribution in [3.8, 4) is 0 Å². The van der Waals surface area contributed by atoms with E-state index in [1.807, 2.05) is 14.1 Å². The van der Waals surface area contributed by atoms with Gasteiger partial charge in [0.1, 0.15) is 0 Å². The highest BCUT2D eigenvalue weighted by Crippen LogP contribution is 2.09. The third kappa shape index (κ3) is 2.58. The molecule has 0 spiro atoms. The topological polar surface area (TPSA) is 59.2 Å². The smallest absolute Gasteiger partial charge is 0.189 e. The monoisotopic (exact) mass is 191 g/mol. The summed E-state index contributed by atoms with van der Waals surface area (Å²) in [6.45, 7) is 0. The minimum absolute atomic E-state index is 0.112. The number of pyridine rings is 1. The number of hydrogen-bond acceptors (Lipinski definition) is 4. The minimum Gasteiger partial charge on any atom is -0.397 e. The van der Waals surface area contributed by atoms with Crippen LogP contribution in [0.1, 0.15) is 10.4 Å². The number of nitrogens with zero attached hydrogens (tertiary/aromatic N) is 2. The van der Waals surface area contributed by atoms with Gasteiger partial charge in [0.15, 0.2) is 5.78 Å². The molecule has 0 atom stereocenters. The van der Waals surface area contributed by atoms with E-state index in [1.54, 1.807) is 23.4 Å². The highest BCUT2D eigenvalue weighted by Gasteiger charge is 2.04. The van der Waals surface area contributed by atoms with E-state index in [2.05, 4.69) is 4.98 Å². The highest BCUT2D eigenvalue weighted by atomic mass is 16.1. The van der Waals surface area contributed by atoms with Gasteiger partial charge in [-0.1, -0.05) is 0 Å². The van der Waals surface area contributed by atoms with E-state index in [4.69, 9.17) is 5.73 Å². The van der Waals surface area contributed by atoms with Gasteiger partial charge in [-0.25, -0.2) is 0 Å². The minimum atomic E-state index is -0.112. The Morgan fingerprint density at radius 2 is 2.29 bits per heavy atom. The van der Waals surface area contributed by atoms with Crippen molar-refractivity contribution < 1.29 is 4.79 Å². The zero-order valence-electron chi connectivity index (χ0n) is 8.27. The van der Waals surface area contributed by atoms with Crippen molar-refractivity contribution in [3.63, 3.8) is 0 Å². The number of ketones is 1. The number of anilines is 1. The molecule has 4 nitrogen and oxygen atoms in total. The standard InChI is InChI=1S/C10H13N3O/c1-13(2)6-4-10(14)8-3-5-12-7-9(8)11/h3-7H,11H2,1-2H3/b6-4+. The number of carbonyl (C=O) groups is 1. The quantitative estimate of drug-likeness (QED) is 0.570. The fourth-order valence-electron chi connectivity index (χ4n) is 0.938. The van der Waals surface area contributed by atoms with Crippen molar-refractivity contribution in [1.82, 2.24) is 9.88 Å². The predicted octanol–water partition coefficient (Wildman–Crippen LogP) is 0.922.